The molecule has 0 heterocycles. The van der Waals surface area contributed by atoms with Crippen LogP contribution in [-0.2, 0) is 4.79 Å². The second-order valence-electron chi connectivity index (χ2n) is 4.35. The van der Waals surface area contributed by atoms with Gasteiger partial charge in [0.2, 0.25) is 5.91 Å². The first kappa shape index (κ1) is 12.4. The Morgan fingerprint density at radius 1 is 1.60 bits per heavy atom. The number of nitrogens with one attached hydrogen (secondary N) is 1. The summed E-state index contributed by atoms with van der Waals surface area (Å²) in [5, 5.41) is 21.0. The fourth-order valence-corrected chi connectivity index (χ4v) is 1.90. The molecule has 1 amide bonds. The predicted molar refractivity (Wildman–Crippen MR) is 56.0 cm³/mol. The normalized spacial score (nSPS) is 33.5. The molecule has 1 aliphatic rings. The second-order valence-corrected chi connectivity index (χ2v) is 4.35. The Bertz CT molecular complexity index is 223. The van der Waals surface area contributed by atoms with Gasteiger partial charge in [0.1, 0.15) is 6.04 Å². The number of rotatable bonds is 3. The highest BCUT2D eigenvalue weighted by Gasteiger charge is 2.27. The lowest BCUT2D eigenvalue weighted by Gasteiger charge is -2.32. The van der Waals surface area contributed by atoms with Crippen LogP contribution in [0.2, 0.25) is 0 Å². The molecule has 0 aliphatic heterocycles. The van der Waals surface area contributed by atoms with Gasteiger partial charge in [-0.2, -0.15) is 0 Å². The first-order chi connectivity index (χ1) is 7.04. The van der Waals surface area contributed by atoms with Crippen LogP contribution in [0.5, 0.6) is 0 Å². The van der Waals surface area contributed by atoms with Gasteiger partial charge < -0.3 is 21.3 Å². The van der Waals surface area contributed by atoms with Crippen LogP contribution in [0.3, 0.4) is 0 Å². The minimum atomic E-state index is -0.841. The van der Waals surface area contributed by atoms with E-state index in [1.54, 1.807) is 0 Å². The minimum Gasteiger partial charge on any atom is -0.394 e. The van der Waals surface area contributed by atoms with E-state index in [9.17, 15) is 9.90 Å². The van der Waals surface area contributed by atoms with Gasteiger partial charge in [-0.05, 0) is 25.2 Å². The number of aliphatic hydroxyl groups excluding tert-OH is 2. The summed E-state index contributed by atoms with van der Waals surface area (Å²) in [6.07, 6.45) is 1.99. The quantitative estimate of drug-likeness (QED) is 0.485. The van der Waals surface area contributed by atoms with E-state index in [-0.39, 0.29) is 30.6 Å². The molecule has 5 N–H and O–H groups in total. The van der Waals surface area contributed by atoms with E-state index < -0.39 is 6.04 Å². The zero-order valence-corrected chi connectivity index (χ0v) is 9.02. The summed E-state index contributed by atoms with van der Waals surface area (Å²) >= 11 is 0. The van der Waals surface area contributed by atoms with E-state index in [0.29, 0.717) is 6.42 Å². The molecule has 0 aromatic carbocycles. The fraction of sp³-hybridized carbons (Fsp3) is 0.900. The Labute approximate surface area is 89.7 Å². The maximum atomic E-state index is 11.4. The Morgan fingerprint density at radius 2 is 2.27 bits per heavy atom. The van der Waals surface area contributed by atoms with Crippen LogP contribution < -0.4 is 11.1 Å². The molecule has 1 aliphatic carbocycles. The lowest BCUT2D eigenvalue weighted by atomic mass is 9.84. The van der Waals surface area contributed by atoms with Gasteiger partial charge in [-0.3, -0.25) is 4.79 Å². The van der Waals surface area contributed by atoms with E-state index in [1.165, 1.54) is 0 Å². The Hall–Kier alpha value is -0.650. The van der Waals surface area contributed by atoms with Crippen LogP contribution in [0.4, 0.5) is 0 Å². The maximum absolute atomic E-state index is 11.4. The van der Waals surface area contributed by atoms with Crippen molar-refractivity contribution in [1.29, 1.82) is 0 Å². The summed E-state index contributed by atoms with van der Waals surface area (Å²) in [5.74, 6) is -0.111. The van der Waals surface area contributed by atoms with Crippen LogP contribution in [0.25, 0.3) is 0 Å². The SMILES string of the molecule is C[C@H]1C[C@H](NC(=O)[C@H](N)CO)CC[C@@H]1O. The number of amides is 1. The number of nitrogens with two attached hydrogens (primary N) is 1. The van der Waals surface area contributed by atoms with Crippen LogP contribution >= 0.6 is 0 Å². The second kappa shape index (κ2) is 5.44. The molecule has 1 rings (SSSR count). The van der Waals surface area contributed by atoms with Gasteiger partial charge in [-0.25, -0.2) is 0 Å². The first-order valence-electron chi connectivity index (χ1n) is 5.39. The molecule has 0 aromatic heterocycles. The minimum absolute atomic E-state index is 0.0773. The molecule has 0 bridgehead atoms. The van der Waals surface area contributed by atoms with Crippen LogP contribution in [-0.4, -0.2) is 40.9 Å². The third-order valence-electron chi connectivity index (χ3n) is 3.00. The van der Waals surface area contributed by atoms with Crippen molar-refractivity contribution in [1.82, 2.24) is 5.32 Å². The predicted octanol–water partition coefficient (Wildman–Crippen LogP) is -1.03. The molecule has 88 valence electrons. The fourth-order valence-electron chi connectivity index (χ4n) is 1.90. The summed E-state index contributed by atoms with van der Waals surface area (Å²) in [6, 6.07) is -0.763. The lowest BCUT2D eigenvalue weighted by molar-refractivity contribution is -0.124. The Balaban J connectivity index is 2.36. The molecule has 4 atom stereocenters. The zero-order chi connectivity index (χ0) is 11.4. The molecular formula is C10H20N2O3. The van der Waals surface area contributed by atoms with Crippen molar-refractivity contribution in [2.75, 3.05) is 6.61 Å². The van der Waals surface area contributed by atoms with Gasteiger partial charge in [-0.1, -0.05) is 6.92 Å². The van der Waals surface area contributed by atoms with Gasteiger partial charge in [0.15, 0.2) is 0 Å². The van der Waals surface area contributed by atoms with E-state index >= 15 is 0 Å². The molecule has 0 spiro atoms. The number of carbonyl (C=O) groups is 1. The smallest absolute Gasteiger partial charge is 0.239 e. The summed E-state index contributed by atoms with van der Waals surface area (Å²) in [6.45, 7) is 1.63. The average molecular weight is 216 g/mol. The van der Waals surface area contributed by atoms with Crippen LogP contribution in [0.1, 0.15) is 26.2 Å². The standard InChI is InChI=1S/C10H20N2O3/c1-6-4-7(2-3-9(6)14)12-10(15)8(11)5-13/h6-9,13-14H,2-5,11H2,1H3,(H,12,15)/t6-,7+,8+,9-/m0/s1. The molecular weight excluding hydrogens is 196 g/mol. The van der Waals surface area contributed by atoms with Crippen molar-refractivity contribution >= 4 is 5.91 Å². The number of aliphatic hydroxyl groups is 2. The Kier molecular flexibility index (Phi) is 4.50. The van der Waals surface area contributed by atoms with E-state index in [1.807, 2.05) is 6.92 Å². The van der Waals surface area contributed by atoms with Crippen molar-refractivity contribution < 1.29 is 15.0 Å². The molecule has 15 heavy (non-hydrogen) atoms. The summed E-state index contributed by atoms with van der Waals surface area (Å²) < 4.78 is 0. The summed E-state index contributed by atoms with van der Waals surface area (Å²) in [7, 11) is 0. The van der Waals surface area contributed by atoms with Crippen LogP contribution in [0.15, 0.2) is 0 Å². The lowest BCUT2D eigenvalue weighted by Crippen LogP contribution is -2.49. The van der Waals surface area contributed by atoms with Gasteiger partial charge in [0, 0.05) is 6.04 Å². The van der Waals surface area contributed by atoms with Crippen molar-refractivity contribution in [2.24, 2.45) is 11.7 Å². The number of hydrogen-bond acceptors (Lipinski definition) is 4. The molecule has 0 saturated heterocycles. The van der Waals surface area contributed by atoms with Gasteiger partial charge in [-0.15, -0.1) is 0 Å². The molecule has 0 radical (unpaired) electrons. The molecule has 1 saturated carbocycles. The molecule has 0 unspecified atom stereocenters. The van der Waals surface area contributed by atoms with E-state index in [0.717, 1.165) is 12.8 Å². The summed E-state index contributed by atoms with van der Waals surface area (Å²) in [5.41, 5.74) is 5.38. The molecule has 0 aromatic rings. The van der Waals surface area contributed by atoms with E-state index in [2.05, 4.69) is 5.32 Å². The van der Waals surface area contributed by atoms with Crippen LogP contribution in [0, 0.1) is 5.92 Å². The topological polar surface area (TPSA) is 95.6 Å². The first-order valence-corrected chi connectivity index (χ1v) is 5.39. The monoisotopic (exact) mass is 216 g/mol. The molecule has 5 heteroatoms. The van der Waals surface area contributed by atoms with E-state index in [4.69, 9.17) is 10.8 Å². The summed E-state index contributed by atoms with van der Waals surface area (Å²) in [4.78, 5) is 11.4. The molecule has 1 fully saturated rings. The third-order valence-corrected chi connectivity index (χ3v) is 3.00. The van der Waals surface area contributed by atoms with Gasteiger partial charge in [0.25, 0.3) is 0 Å². The highest BCUT2D eigenvalue weighted by molar-refractivity contribution is 5.81. The zero-order valence-electron chi connectivity index (χ0n) is 9.02. The van der Waals surface area contributed by atoms with Crippen molar-refractivity contribution in [3.05, 3.63) is 0 Å². The molecule has 5 nitrogen and oxygen atoms in total. The van der Waals surface area contributed by atoms with Crippen molar-refractivity contribution in [3.63, 3.8) is 0 Å². The largest absolute Gasteiger partial charge is 0.394 e. The number of hydrogen-bond donors (Lipinski definition) is 4. The third kappa shape index (κ3) is 3.44. The Morgan fingerprint density at radius 3 is 2.80 bits per heavy atom. The van der Waals surface area contributed by atoms with Crippen molar-refractivity contribution in [3.8, 4) is 0 Å². The average Bonchev–Trinajstić information content (AvgIpc) is 2.22. The maximum Gasteiger partial charge on any atom is 0.239 e. The number of carbonyl (C=O) groups excluding carboxylic acids is 1. The highest BCUT2D eigenvalue weighted by atomic mass is 16.3. The highest BCUT2D eigenvalue weighted by Crippen LogP contribution is 2.24. The van der Waals surface area contributed by atoms with Gasteiger partial charge in [0.05, 0.1) is 12.7 Å². The van der Waals surface area contributed by atoms with Gasteiger partial charge >= 0.3 is 0 Å². The van der Waals surface area contributed by atoms with Crippen molar-refractivity contribution in [2.45, 2.75) is 44.4 Å².